The number of nitrogens with one attached hydrogen (secondary N) is 1. The molecule has 1 atom stereocenters. The van der Waals surface area contributed by atoms with Crippen LogP contribution in [0.25, 0.3) is 0 Å². The van der Waals surface area contributed by atoms with Gasteiger partial charge in [-0.3, -0.25) is 4.79 Å². The van der Waals surface area contributed by atoms with Gasteiger partial charge >= 0.3 is 5.97 Å². The highest BCUT2D eigenvalue weighted by atomic mass is 16.4. The molecule has 1 heterocycles. The Morgan fingerprint density at radius 1 is 1.50 bits per heavy atom. The summed E-state index contributed by atoms with van der Waals surface area (Å²) in [5, 5.41) is 23.3. The van der Waals surface area contributed by atoms with Crippen LogP contribution < -0.4 is 5.32 Å². The molecule has 0 aromatic carbocycles. The molecule has 0 spiro atoms. The van der Waals surface area contributed by atoms with Gasteiger partial charge in [0.05, 0.1) is 0 Å². The number of carboxylic acids is 1. The molecule has 0 aliphatic rings. The van der Waals surface area contributed by atoms with Crippen LogP contribution in [0, 0.1) is 0 Å². The molecule has 0 radical (unpaired) electrons. The molecular weight excluding hydrogens is 216 g/mol. The smallest absolute Gasteiger partial charge is 0.326 e. The van der Waals surface area contributed by atoms with Gasteiger partial charge in [-0.2, -0.15) is 5.10 Å². The third-order valence-corrected chi connectivity index (χ3v) is 1.82. The highest BCUT2D eigenvalue weighted by Gasteiger charge is 2.19. The number of aliphatic hydroxyl groups is 1. The second-order valence-electron chi connectivity index (χ2n) is 3.06. The van der Waals surface area contributed by atoms with Gasteiger partial charge in [-0.05, 0) is 0 Å². The minimum Gasteiger partial charge on any atom is -0.480 e. The molecule has 88 valence electrons. The number of carbonyl (C=O) groups excluding carboxylic acids is 1. The van der Waals surface area contributed by atoms with E-state index in [1.807, 2.05) is 0 Å². The van der Waals surface area contributed by atoms with Crippen LogP contribution in [-0.2, 0) is 16.1 Å². The van der Waals surface area contributed by atoms with E-state index >= 15 is 0 Å². The van der Waals surface area contributed by atoms with E-state index in [9.17, 15) is 9.59 Å². The second kappa shape index (κ2) is 5.81. The monoisotopic (exact) mass is 228 g/mol. The van der Waals surface area contributed by atoms with E-state index in [0.717, 1.165) is 0 Å². The molecule has 0 aliphatic heterocycles. The molecule has 16 heavy (non-hydrogen) atoms. The lowest BCUT2D eigenvalue weighted by Crippen LogP contribution is -2.42. The fourth-order valence-corrected chi connectivity index (χ4v) is 1.09. The van der Waals surface area contributed by atoms with E-state index in [2.05, 4.69) is 15.4 Å². The minimum atomic E-state index is -1.18. The quantitative estimate of drug-likeness (QED) is 0.530. The van der Waals surface area contributed by atoms with Crippen LogP contribution in [0.1, 0.15) is 6.42 Å². The molecule has 8 nitrogen and oxygen atoms in total. The summed E-state index contributed by atoms with van der Waals surface area (Å²) in [4.78, 5) is 25.7. The second-order valence-corrected chi connectivity index (χ2v) is 3.06. The zero-order valence-electron chi connectivity index (χ0n) is 8.41. The Morgan fingerprint density at radius 3 is 2.75 bits per heavy atom. The van der Waals surface area contributed by atoms with Crippen LogP contribution in [0.3, 0.4) is 0 Å². The molecule has 3 N–H and O–H groups in total. The fraction of sp³-hybridized carbons (Fsp3) is 0.500. The van der Waals surface area contributed by atoms with Crippen LogP contribution in [-0.4, -0.2) is 49.5 Å². The van der Waals surface area contributed by atoms with Crippen molar-refractivity contribution in [1.29, 1.82) is 0 Å². The molecule has 0 saturated carbocycles. The maximum atomic E-state index is 11.4. The van der Waals surface area contributed by atoms with Crippen LogP contribution in [0.15, 0.2) is 12.7 Å². The van der Waals surface area contributed by atoms with Crippen molar-refractivity contribution < 1.29 is 19.8 Å². The third kappa shape index (κ3) is 3.65. The maximum Gasteiger partial charge on any atom is 0.326 e. The molecule has 0 aliphatic carbocycles. The lowest BCUT2D eigenvalue weighted by Gasteiger charge is -2.12. The SMILES string of the molecule is O=C(Cn1cncn1)N[C@@H](CCO)C(=O)O. The van der Waals surface area contributed by atoms with Crippen LogP contribution >= 0.6 is 0 Å². The van der Waals surface area contributed by atoms with Gasteiger partial charge in [-0.1, -0.05) is 0 Å². The first-order valence-corrected chi connectivity index (χ1v) is 4.59. The third-order valence-electron chi connectivity index (χ3n) is 1.82. The highest BCUT2D eigenvalue weighted by molar-refractivity contribution is 5.83. The van der Waals surface area contributed by atoms with Crippen molar-refractivity contribution in [2.75, 3.05) is 6.61 Å². The number of aromatic nitrogens is 3. The Hall–Kier alpha value is -1.96. The van der Waals surface area contributed by atoms with E-state index in [0.29, 0.717) is 0 Å². The van der Waals surface area contributed by atoms with Gasteiger partial charge in [0.1, 0.15) is 25.2 Å². The Labute approximate surface area is 90.9 Å². The average Bonchev–Trinajstić information content (AvgIpc) is 2.69. The summed E-state index contributed by atoms with van der Waals surface area (Å²) in [5.74, 6) is -1.67. The highest BCUT2D eigenvalue weighted by Crippen LogP contribution is 1.92. The number of hydrogen-bond acceptors (Lipinski definition) is 5. The zero-order chi connectivity index (χ0) is 12.0. The lowest BCUT2D eigenvalue weighted by atomic mass is 10.2. The summed E-state index contributed by atoms with van der Waals surface area (Å²) in [6.45, 7) is -0.407. The van der Waals surface area contributed by atoms with Crippen molar-refractivity contribution in [2.24, 2.45) is 0 Å². The predicted octanol–water partition coefficient (Wildman–Crippen LogP) is -1.77. The van der Waals surface area contributed by atoms with Crippen molar-refractivity contribution in [1.82, 2.24) is 20.1 Å². The van der Waals surface area contributed by atoms with Crippen molar-refractivity contribution in [2.45, 2.75) is 19.0 Å². The number of carboxylic acid groups (broad SMARTS) is 1. The van der Waals surface area contributed by atoms with Crippen LogP contribution in [0.2, 0.25) is 0 Å². The summed E-state index contributed by atoms with van der Waals surface area (Å²) < 4.78 is 1.27. The summed E-state index contributed by atoms with van der Waals surface area (Å²) in [6.07, 6.45) is 2.59. The molecule has 1 aromatic heterocycles. The number of rotatable bonds is 6. The van der Waals surface area contributed by atoms with Crippen molar-refractivity contribution in [3.63, 3.8) is 0 Å². The first-order valence-electron chi connectivity index (χ1n) is 4.59. The molecule has 0 fully saturated rings. The van der Waals surface area contributed by atoms with E-state index in [1.165, 1.54) is 17.3 Å². The largest absolute Gasteiger partial charge is 0.480 e. The Kier molecular flexibility index (Phi) is 4.40. The van der Waals surface area contributed by atoms with Crippen molar-refractivity contribution in [3.8, 4) is 0 Å². The maximum absolute atomic E-state index is 11.4. The zero-order valence-corrected chi connectivity index (χ0v) is 8.41. The topological polar surface area (TPSA) is 117 Å². The van der Waals surface area contributed by atoms with Gasteiger partial charge in [0.15, 0.2) is 0 Å². The van der Waals surface area contributed by atoms with E-state index in [4.69, 9.17) is 10.2 Å². The number of hydrogen-bond donors (Lipinski definition) is 3. The van der Waals surface area contributed by atoms with E-state index < -0.39 is 17.9 Å². The Bertz CT molecular complexity index is 351. The van der Waals surface area contributed by atoms with Gasteiger partial charge in [0.2, 0.25) is 5.91 Å². The first kappa shape index (κ1) is 12.1. The Morgan fingerprint density at radius 2 is 2.25 bits per heavy atom. The normalized spacial score (nSPS) is 12.1. The first-order chi connectivity index (χ1) is 7.63. The lowest BCUT2D eigenvalue weighted by molar-refractivity contribution is -0.142. The molecule has 0 saturated heterocycles. The van der Waals surface area contributed by atoms with E-state index in [1.54, 1.807) is 0 Å². The van der Waals surface area contributed by atoms with Crippen molar-refractivity contribution >= 4 is 11.9 Å². The molecule has 1 rings (SSSR count). The fourth-order valence-electron chi connectivity index (χ4n) is 1.09. The summed E-state index contributed by atoms with van der Waals surface area (Å²) >= 11 is 0. The number of nitrogens with zero attached hydrogens (tertiary/aromatic N) is 3. The number of amides is 1. The minimum absolute atomic E-state index is 0.0293. The average molecular weight is 228 g/mol. The standard InChI is InChI=1S/C8H12N4O4/c13-2-1-6(8(15)16)11-7(14)3-12-5-9-4-10-12/h4-6,13H,1-3H2,(H,11,14)(H,15,16)/t6-/m0/s1. The summed E-state index contributed by atoms with van der Waals surface area (Å²) in [5.41, 5.74) is 0. The predicted molar refractivity (Wildman–Crippen MR) is 51.3 cm³/mol. The van der Waals surface area contributed by atoms with Gasteiger partial charge in [-0.25, -0.2) is 14.5 Å². The van der Waals surface area contributed by atoms with Crippen LogP contribution in [0.4, 0.5) is 0 Å². The number of aliphatic hydroxyl groups excluding tert-OH is 1. The molecule has 0 bridgehead atoms. The van der Waals surface area contributed by atoms with Gasteiger partial charge in [0.25, 0.3) is 0 Å². The van der Waals surface area contributed by atoms with Gasteiger partial charge in [0, 0.05) is 13.0 Å². The summed E-state index contributed by atoms with van der Waals surface area (Å²) in [7, 11) is 0. The molecular formula is C8H12N4O4. The van der Waals surface area contributed by atoms with E-state index in [-0.39, 0.29) is 19.6 Å². The van der Waals surface area contributed by atoms with Crippen LogP contribution in [0.5, 0.6) is 0 Å². The van der Waals surface area contributed by atoms with Gasteiger partial charge in [-0.15, -0.1) is 0 Å². The van der Waals surface area contributed by atoms with Gasteiger partial charge < -0.3 is 15.5 Å². The Balaban J connectivity index is 2.45. The molecule has 1 amide bonds. The molecule has 0 unspecified atom stereocenters. The number of carbonyl (C=O) groups is 2. The number of aliphatic carboxylic acids is 1. The molecule has 8 heteroatoms. The van der Waals surface area contributed by atoms with Crippen molar-refractivity contribution in [3.05, 3.63) is 12.7 Å². The molecule has 1 aromatic rings. The summed E-state index contributed by atoms with van der Waals surface area (Å²) in [6, 6.07) is -1.08.